The first-order chi connectivity index (χ1) is 10.9. The summed E-state index contributed by atoms with van der Waals surface area (Å²) in [6, 6.07) is 12.7. The second kappa shape index (κ2) is 7.95. The summed E-state index contributed by atoms with van der Waals surface area (Å²) in [5.74, 6) is 0.160. The van der Waals surface area contributed by atoms with Gasteiger partial charge in [0.25, 0.3) is 10.1 Å². The molecule has 0 amide bonds. The minimum Gasteiger partial charge on any atom is -0.494 e. The Labute approximate surface area is 165 Å². The number of benzene rings is 2. The molecule has 1 heterocycles. The van der Waals surface area contributed by atoms with Crippen molar-refractivity contribution in [2.24, 2.45) is 0 Å². The van der Waals surface area contributed by atoms with Crippen LogP contribution < -0.4 is 10.2 Å². The number of hydrogen-bond donors (Lipinski definition) is 1. The van der Waals surface area contributed by atoms with Crippen molar-refractivity contribution in [3.63, 3.8) is 0 Å². The van der Waals surface area contributed by atoms with Crippen molar-refractivity contribution in [3.05, 3.63) is 52.7 Å². The molecule has 0 fully saturated rings. The van der Waals surface area contributed by atoms with Crippen molar-refractivity contribution in [2.75, 3.05) is 12.4 Å². The first-order valence-electron chi connectivity index (χ1n) is 6.98. The molecule has 8 heteroatoms. The second-order valence-corrected chi connectivity index (χ2v) is 7.73. The van der Waals surface area contributed by atoms with Gasteiger partial charge in [0.05, 0.1) is 12.4 Å². The third kappa shape index (κ3) is 4.56. The number of rotatable bonds is 5. The van der Waals surface area contributed by atoms with E-state index >= 15 is 0 Å². The summed E-state index contributed by atoms with van der Waals surface area (Å²) < 4.78 is 37.2. The van der Waals surface area contributed by atoms with Crippen LogP contribution in [-0.4, -0.2) is 54.9 Å². The van der Waals surface area contributed by atoms with Gasteiger partial charge in [-0.2, -0.15) is 8.42 Å². The van der Waals surface area contributed by atoms with Gasteiger partial charge in [0, 0.05) is 49.7 Å². The van der Waals surface area contributed by atoms with E-state index in [1.54, 1.807) is 18.2 Å². The number of fused-ring (bicyclic) bond motifs is 2. The standard InChI is InChI=1S/C16H14O5S2.Na/c17-16-12-4-1-2-5-14(12)22-15-7-6-11(10-13(15)16)21-8-3-9-23(18,19)20;/h1-2,4-7,10H,3,8-9H2,(H,18,19,20);. The third-order valence-corrected chi connectivity index (χ3v) is 5.32. The fourth-order valence-corrected chi connectivity index (χ4v) is 3.84. The van der Waals surface area contributed by atoms with E-state index in [1.165, 1.54) is 11.3 Å². The summed E-state index contributed by atoms with van der Waals surface area (Å²) in [4.78, 5) is 12.5. The summed E-state index contributed by atoms with van der Waals surface area (Å²) in [5, 5.41) is 1.26. The van der Waals surface area contributed by atoms with Gasteiger partial charge in [-0.15, -0.1) is 11.3 Å². The van der Waals surface area contributed by atoms with Crippen LogP contribution in [0.15, 0.2) is 47.3 Å². The van der Waals surface area contributed by atoms with Gasteiger partial charge < -0.3 is 4.74 Å². The first-order valence-corrected chi connectivity index (χ1v) is 9.40. The van der Waals surface area contributed by atoms with Crippen molar-refractivity contribution in [2.45, 2.75) is 6.42 Å². The maximum Gasteiger partial charge on any atom is 0.264 e. The number of ether oxygens (including phenoxy) is 1. The van der Waals surface area contributed by atoms with Crippen LogP contribution >= 0.6 is 11.3 Å². The Hall–Kier alpha value is -0.960. The van der Waals surface area contributed by atoms with E-state index < -0.39 is 10.1 Å². The molecule has 1 N–H and O–H groups in total. The minimum atomic E-state index is -3.97. The van der Waals surface area contributed by atoms with Crippen LogP contribution in [-0.2, 0) is 10.1 Å². The van der Waals surface area contributed by atoms with Crippen LogP contribution in [0.1, 0.15) is 6.42 Å². The molecule has 24 heavy (non-hydrogen) atoms. The van der Waals surface area contributed by atoms with Crippen LogP contribution in [0.25, 0.3) is 20.2 Å². The molecular weight excluding hydrogens is 359 g/mol. The second-order valence-electron chi connectivity index (χ2n) is 5.07. The van der Waals surface area contributed by atoms with Crippen LogP contribution in [0.5, 0.6) is 5.75 Å². The van der Waals surface area contributed by atoms with E-state index in [-0.39, 0.29) is 53.8 Å². The Kier molecular flexibility index (Phi) is 6.41. The van der Waals surface area contributed by atoms with E-state index in [0.717, 1.165) is 9.40 Å². The fourth-order valence-electron chi connectivity index (χ4n) is 2.30. The summed E-state index contributed by atoms with van der Waals surface area (Å²) in [5.41, 5.74) is -0.0438. The Morgan fingerprint density at radius 1 is 1.04 bits per heavy atom. The molecule has 1 aromatic heterocycles. The molecule has 0 unspecified atom stereocenters. The van der Waals surface area contributed by atoms with Crippen LogP contribution in [0, 0.1) is 0 Å². The van der Waals surface area contributed by atoms with Gasteiger partial charge in [0.2, 0.25) is 0 Å². The van der Waals surface area contributed by atoms with Crippen LogP contribution in [0.4, 0.5) is 0 Å². The Balaban J connectivity index is 0.00000208. The predicted octanol–water partition coefficient (Wildman–Crippen LogP) is 2.69. The molecule has 3 rings (SSSR count). The van der Waals surface area contributed by atoms with E-state index in [4.69, 9.17) is 9.29 Å². The molecule has 1 radical (unpaired) electrons. The zero-order valence-corrected chi connectivity index (χ0v) is 16.7. The van der Waals surface area contributed by atoms with Crippen molar-refractivity contribution in [1.29, 1.82) is 0 Å². The molecule has 0 saturated carbocycles. The largest absolute Gasteiger partial charge is 0.494 e. The van der Waals surface area contributed by atoms with Gasteiger partial charge in [0.15, 0.2) is 5.43 Å². The molecule has 0 bridgehead atoms. The third-order valence-electron chi connectivity index (χ3n) is 3.36. The molecule has 0 saturated heterocycles. The zero-order chi connectivity index (χ0) is 16.4. The molecule has 0 aliphatic heterocycles. The monoisotopic (exact) mass is 373 g/mol. The number of hydrogen-bond acceptors (Lipinski definition) is 5. The average Bonchev–Trinajstić information content (AvgIpc) is 2.51. The molecule has 0 aliphatic rings. The van der Waals surface area contributed by atoms with E-state index in [2.05, 4.69) is 0 Å². The summed E-state index contributed by atoms with van der Waals surface area (Å²) in [6.45, 7) is 0.149. The topological polar surface area (TPSA) is 80.7 Å². The molecule has 0 aliphatic carbocycles. The van der Waals surface area contributed by atoms with Gasteiger partial charge in [-0.25, -0.2) is 0 Å². The zero-order valence-electron chi connectivity index (χ0n) is 13.1. The molecule has 5 nitrogen and oxygen atoms in total. The molecule has 0 spiro atoms. The van der Waals surface area contributed by atoms with Crippen LogP contribution in [0.2, 0.25) is 0 Å². The summed E-state index contributed by atoms with van der Waals surface area (Å²) >= 11 is 1.54. The maximum absolute atomic E-state index is 12.5. The predicted molar refractivity (Wildman–Crippen MR) is 97.9 cm³/mol. The van der Waals surface area contributed by atoms with E-state index in [9.17, 15) is 13.2 Å². The molecular formula is C16H14NaO5S2. The SMILES string of the molecule is O=c1c2ccccc2sc2ccc(OCCCS(=O)(=O)O)cc12.[Na]. The van der Waals surface area contributed by atoms with Gasteiger partial charge in [-0.1, -0.05) is 12.1 Å². The summed E-state index contributed by atoms with van der Waals surface area (Å²) in [6.07, 6.45) is 0.182. The van der Waals surface area contributed by atoms with Gasteiger partial charge in [0.1, 0.15) is 5.75 Å². The van der Waals surface area contributed by atoms with Gasteiger partial charge in [-0.3, -0.25) is 9.35 Å². The Bertz CT molecular complexity index is 1030. The van der Waals surface area contributed by atoms with Crippen molar-refractivity contribution < 1.29 is 17.7 Å². The molecule has 2 aromatic carbocycles. The maximum atomic E-state index is 12.5. The minimum absolute atomic E-state index is 0. The fraction of sp³-hybridized carbons (Fsp3) is 0.188. The van der Waals surface area contributed by atoms with Gasteiger partial charge in [-0.05, 0) is 36.8 Å². The van der Waals surface area contributed by atoms with Gasteiger partial charge >= 0.3 is 0 Å². The molecule has 0 atom stereocenters. The van der Waals surface area contributed by atoms with Crippen molar-refractivity contribution >= 4 is 71.2 Å². The quantitative estimate of drug-likeness (QED) is 0.322. The first kappa shape index (κ1) is 19.4. The van der Waals surface area contributed by atoms with Crippen LogP contribution in [0.3, 0.4) is 0 Å². The average molecular weight is 373 g/mol. The normalized spacial score (nSPS) is 11.4. The van der Waals surface area contributed by atoms with Crippen molar-refractivity contribution in [3.8, 4) is 5.75 Å². The van der Waals surface area contributed by atoms with E-state index in [1.807, 2.05) is 24.3 Å². The Morgan fingerprint density at radius 2 is 1.75 bits per heavy atom. The van der Waals surface area contributed by atoms with E-state index in [0.29, 0.717) is 16.5 Å². The molecule has 121 valence electrons. The smallest absolute Gasteiger partial charge is 0.264 e. The summed E-state index contributed by atoms with van der Waals surface area (Å²) in [7, 11) is -3.97. The Morgan fingerprint density at radius 3 is 2.50 bits per heavy atom. The van der Waals surface area contributed by atoms with Crippen molar-refractivity contribution in [1.82, 2.24) is 0 Å². The molecule has 3 aromatic rings.